The molecule has 1 aromatic rings. The molecule has 0 aliphatic heterocycles. The maximum atomic E-state index is 13.9. The van der Waals surface area contributed by atoms with Crippen LogP contribution in [0.15, 0.2) is 12.1 Å². The largest absolute Gasteiger partial charge is 0.338 e. The molecule has 0 fully saturated rings. The van der Waals surface area contributed by atoms with E-state index in [2.05, 4.69) is 0 Å². The monoisotopic (exact) mass is 283 g/mol. The van der Waals surface area contributed by atoms with E-state index in [1.807, 2.05) is 6.07 Å². The third-order valence-electron chi connectivity index (χ3n) is 2.64. The molecule has 0 saturated heterocycles. The van der Waals surface area contributed by atoms with Gasteiger partial charge >= 0.3 is 5.69 Å². The lowest BCUT2D eigenvalue weighted by Gasteiger charge is -2.19. The Labute approximate surface area is 113 Å². The van der Waals surface area contributed by atoms with Gasteiger partial charge in [0.05, 0.1) is 17.4 Å². The molecule has 0 saturated carbocycles. The van der Waals surface area contributed by atoms with Crippen molar-refractivity contribution in [3.8, 4) is 6.07 Å². The molecule has 0 aliphatic rings. The lowest BCUT2D eigenvalue weighted by atomic mass is 10.1. The van der Waals surface area contributed by atoms with Crippen LogP contribution in [0.4, 0.5) is 14.5 Å². The summed E-state index contributed by atoms with van der Waals surface area (Å²) in [4.78, 5) is 22.6. The Morgan fingerprint density at radius 1 is 1.50 bits per heavy atom. The number of nitrogens with zero attached hydrogens (tertiary/aromatic N) is 3. The zero-order valence-electron chi connectivity index (χ0n) is 10.6. The molecule has 0 aromatic heterocycles. The highest BCUT2D eigenvalue weighted by Crippen LogP contribution is 2.24. The summed E-state index contributed by atoms with van der Waals surface area (Å²) in [7, 11) is 0. The van der Waals surface area contributed by atoms with Crippen LogP contribution in [0, 0.1) is 33.1 Å². The number of nitriles is 1. The first-order valence-electron chi connectivity index (χ1n) is 5.72. The average molecular weight is 283 g/mol. The Morgan fingerprint density at radius 3 is 2.65 bits per heavy atom. The third-order valence-corrected chi connectivity index (χ3v) is 2.64. The number of rotatable bonds is 5. The number of halogens is 2. The topological polar surface area (TPSA) is 87.2 Å². The van der Waals surface area contributed by atoms with Crippen LogP contribution in [-0.2, 0) is 0 Å². The maximum absolute atomic E-state index is 13.9. The summed E-state index contributed by atoms with van der Waals surface area (Å²) in [5.41, 5.74) is -1.94. The van der Waals surface area contributed by atoms with Crippen LogP contribution in [0.3, 0.4) is 0 Å². The van der Waals surface area contributed by atoms with E-state index >= 15 is 0 Å². The van der Waals surface area contributed by atoms with E-state index in [0.717, 1.165) is 4.90 Å². The first-order valence-corrected chi connectivity index (χ1v) is 5.72. The van der Waals surface area contributed by atoms with E-state index in [4.69, 9.17) is 5.26 Å². The third kappa shape index (κ3) is 3.06. The number of nitro groups is 1. The van der Waals surface area contributed by atoms with E-state index < -0.39 is 33.7 Å². The van der Waals surface area contributed by atoms with Crippen molar-refractivity contribution in [3.05, 3.63) is 39.4 Å². The van der Waals surface area contributed by atoms with Gasteiger partial charge in [-0.3, -0.25) is 14.9 Å². The first kappa shape index (κ1) is 15.5. The number of amides is 1. The lowest BCUT2D eigenvalue weighted by molar-refractivity contribution is -0.387. The highest BCUT2D eigenvalue weighted by molar-refractivity contribution is 5.95. The summed E-state index contributed by atoms with van der Waals surface area (Å²) in [6, 6.07) is 3.14. The molecule has 1 amide bonds. The maximum Gasteiger partial charge on any atom is 0.305 e. The number of carbonyl (C=O) groups is 1. The minimum Gasteiger partial charge on any atom is -0.338 e. The molecule has 0 bridgehead atoms. The zero-order valence-corrected chi connectivity index (χ0v) is 10.6. The van der Waals surface area contributed by atoms with Crippen LogP contribution in [0.1, 0.15) is 23.7 Å². The average Bonchev–Trinajstić information content (AvgIpc) is 2.39. The van der Waals surface area contributed by atoms with Crippen LogP contribution < -0.4 is 0 Å². The molecule has 0 atom stereocenters. The number of nitro benzene ring substituents is 1. The highest BCUT2D eigenvalue weighted by Gasteiger charge is 2.28. The quantitative estimate of drug-likeness (QED) is 0.612. The van der Waals surface area contributed by atoms with Gasteiger partial charge in [-0.15, -0.1) is 0 Å². The number of hydrogen-bond donors (Lipinski definition) is 0. The van der Waals surface area contributed by atoms with Crippen LogP contribution >= 0.6 is 0 Å². The summed E-state index contributed by atoms with van der Waals surface area (Å²) in [6.07, 6.45) is -0.00224. The molecule has 0 radical (unpaired) electrons. The van der Waals surface area contributed by atoms with Crippen molar-refractivity contribution < 1.29 is 18.5 Å². The first-order chi connectivity index (χ1) is 9.43. The zero-order chi connectivity index (χ0) is 15.3. The fourth-order valence-corrected chi connectivity index (χ4v) is 1.62. The van der Waals surface area contributed by atoms with Gasteiger partial charge < -0.3 is 4.90 Å². The van der Waals surface area contributed by atoms with Gasteiger partial charge in [0, 0.05) is 19.2 Å². The fourth-order valence-electron chi connectivity index (χ4n) is 1.62. The molecule has 0 spiro atoms. The number of carbonyl (C=O) groups excluding carboxylic acids is 1. The summed E-state index contributed by atoms with van der Waals surface area (Å²) >= 11 is 0. The van der Waals surface area contributed by atoms with E-state index in [0.29, 0.717) is 12.1 Å². The Bertz CT molecular complexity index is 584. The second kappa shape index (κ2) is 6.56. The van der Waals surface area contributed by atoms with Crippen LogP contribution in [0.2, 0.25) is 0 Å². The standard InChI is InChI=1S/C12H11F2N3O3/c1-2-16(7-3-6-15)12(18)10-8(13)4-5-9(11(10)14)17(19)20/h4-5H,2-3,7H2,1H3. The molecule has 1 rings (SSSR count). The van der Waals surface area contributed by atoms with Gasteiger partial charge in [0.25, 0.3) is 5.91 Å². The van der Waals surface area contributed by atoms with Crippen molar-refractivity contribution in [2.75, 3.05) is 13.1 Å². The Hall–Kier alpha value is -2.56. The molecular formula is C12H11F2N3O3. The molecule has 20 heavy (non-hydrogen) atoms. The molecule has 1 aromatic carbocycles. The molecule has 0 heterocycles. The van der Waals surface area contributed by atoms with Gasteiger partial charge in [-0.05, 0) is 13.0 Å². The van der Waals surface area contributed by atoms with Gasteiger partial charge in [0.2, 0.25) is 5.82 Å². The van der Waals surface area contributed by atoms with E-state index in [1.165, 1.54) is 0 Å². The van der Waals surface area contributed by atoms with Crippen molar-refractivity contribution >= 4 is 11.6 Å². The summed E-state index contributed by atoms with van der Waals surface area (Å²) in [6.45, 7) is 1.69. The van der Waals surface area contributed by atoms with Crippen LogP contribution in [-0.4, -0.2) is 28.8 Å². The van der Waals surface area contributed by atoms with Gasteiger partial charge in [-0.25, -0.2) is 4.39 Å². The molecule has 0 aliphatic carbocycles. The molecular weight excluding hydrogens is 272 g/mol. The van der Waals surface area contributed by atoms with E-state index in [1.54, 1.807) is 6.92 Å². The smallest absolute Gasteiger partial charge is 0.305 e. The number of hydrogen-bond acceptors (Lipinski definition) is 4. The SMILES string of the molecule is CCN(CCC#N)C(=O)c1c(F)ccc([N+](=O)[O-])c1F. The molecule has 0 N–H and O–H groups in total. The molecule has 8 heteroatoms. The Morgan fingerprint density at radius 2 is 2.15 bits per heavy atom. The number of benzene rings is 1. The van der Waals surface area contributed by atoms with Crippen LogP contribution in [0.25, 0.3) is 0 Å². The lowest BCUT2D eigenvalue weighted by Crippen LogP contribution is -2.33. The fraction of sp³-hybridized carbons (Fsp3) is 0.333. The Kier molecular flexibility index (Phi) is 5.08. The minimum atomic E-state index is -1.50. The van der Waals surface area contributed by atoms with Crippen molar-refractivity contribution in [1.82, 2.24) is 4.90 Å². The van der Waals surface area contributed by atoms with Crippen molar-refractivity contribution in [2.24, 2.45) is 0 Å². The summed E-state index contributed by atoms with van der Waals surface area (Å²) < 4.78 is 27.4. The van der Waals surface area contributed by atoms with Gasteiger partial charge in [0.1, 0.15) is 11.4 Å². The molecule has 106 valence electrons. The Balaban J connectivity index is 3.24. The van der Waals surface area contributed by atoms with Gasteiger partial charge in [0.15, 0.2) is 0 Å². The molecule has 6 nitrogen and oxygen atoms in total. The molecule has 0 unspecified atom stereocenters. The summed E-state index contributed by atoms with van der Waals surface area (Å²) in [5, 5.41) is 19.1. The second-order valence-corrected chi connectivity index (χ2v) is 3.81. The van der Waals surface area contributed by atoms with Gasteiger partial charge in [-0.2, -0.15) is 9.65 Å². The van der Waals surface area contributed by atoms with E-state index in [9.17, 15) is 23.7 Å². The normalized spacial score (nSPS) is 9.90. The predicted octanol–water partition coefficient (Wildman–Crippen LogP) is 2.25. The summed E-state index contributed by atoms with van der Waals surface area (Å²) in [5.74, 6) is -3.69. The highest BCUT2D eigenvalue weighted by atomic mass is 19.1. The van der Waals surface area contributed by atoms with Crippen LogP contribution in [0.5, 0.6) is 0 Å². The predicted molar refractivity (Wildman–Crippen MR) is 64.8 cm³/mol. The van der Waals surface area contributed by atoms with Gasteiger partial charge in [-0.1, -0.05) is 0 Å². The minimum absolute atomic E-state index is 0.00224. The second-order valence-electron chi connectivity index (χ2n) is 3.81. The van der Waals surface area contributed by atoms with E-state index in [-0.39, 0.29) is 19.5 Å². The van der Waals surface area contributed by atoms with Crippen molar-refractivity contribution in [2.45, 2.75) is 13.3 Å². The van der Waals surface area contributed by atoms with Crippen molar-refractivity contribution in [3.63, 3.8) is 0 Å². The van der Waals surface area contributed by atoms with Crippen molar-refractivity contribution in [1.29, 1.82) is 5.26 Å².